The van der Waals surface area contributed by atoms with Crippen LogP contribution in [0.3, 0.4) is 0 Å². The zero-order valence-corrected chi connectivity index (χ0v) is 11.0. The van der Waals surface area contributed by atoms with Crippen molar-refractivity contribution < 1.29 is 23.0 Å². The van der Waals surface area contributed by atoms with Crippen LogP contribution in [-0.4, -0.2) is 26.2 Å². The van der Waals surface area contributed by atoms with E-state index in [2.05, 4.69) is 10.1 Å². The number of carbonyl (C=O) groups excluding carboxylic acids is 1. The Kier molecular flexibility index (Phi) is 6.21. The highest BCUT2D eigenvalue weighted by Crippen LogP contribution is 2.23. The predicted octanol–water partition coefficient (Wildman–Crippen LogP) is 2.02. The molecular formula is C13H17F2NO3. The Bertz CT molecular complexity index is 415. The van der Waals surface area contributed by atoms with Gasteiger partial charge in [0.05, 0.1) is 7.11 Å². The van der Waals surface area contributed by atoms with Gasteiger partial charge in [0.1, 0.15) is 0 Å². The number of carbonyl (C=O) groups is 1. The molecule has 1 aromatic rings. The maximum absolute atomic E-state index is 13.6. The first kappa shape index (κ1) is 15.4. The summed E-state index contributed by atoms with van der Waals surface area (Å²) in [6, 6.07) is 2.36. The lowest BCUT2D eigenvalue weighted by molar-refractivity contribution is -0.143. The van der Waals surface area contributed by atoms with E-state index in [1.807, 2.05) is 6.92 Å². The lowest BCUT2D eigenvalue weighted by atomic mass is 10.2. The molecule has 1 rings (SSSR count). The van der Waals surface area contributed by atoms with Gasteiger partial charge in [0, 0.05) is 6.54 Å². The van der Waals surface area contributed by atoms with Crippen molar-refractivity contribution in [2.24, 2.45) is 0 Å². The smallest absolute Gasteiger partial charge is 0.343 e. The van der Waals surface area contributed by atoms with Gasteiger partial charge in [-0.15, -0.1) is 0 Å². The summed E-state index contributed by atoms with van der Waals surface area (Å²) in [6.45, 7) is 2.61. The third-order valence-corrected chi connectivity index (χ3v) is 2.38. The van der Waals surface area contributed by atoms with Crippen molar-refractivity contribution in [3.63, 3.8) is 0 Å². The molecular weight excluding hydrogens is 256 g/mol. The van der Waals surface area contributed by atoms with Gasteiger partial charge in [-0.05, 0) is 30.7 Å². The largest absolute Gasteiger partial charge is 0.476 e. The van der Waals surface area contributed by atoms with Crippen molar-refractivity contribution in [2.75, 3.05) is 20.3 Å². The van der Waals surface area contributed by atoms with Crippen molar-refractivity contribution in [1.29, 1.82) is 0 Å². The zero-order chi connectivity index (χ0) is 14.3. The number of hydrogen-bond acceptors (Lipinski definition) is 4. The average molecular weight is 273 g/mol. The number of esters is 1. The van der Waals surface area contributed by atoms with Crippen LogP contribution in [0.15, 0.2) is 12.1 Å². The van der Waals surface area contributed by atoms with Crippen LogP contribution < -0.4 is 10.1 Å². The van der Waals surface area contributed by atoms with Gasteiger partial charge >= 0.3 is 5.97 Å². The minimum Gasteiger partial charge on any atom is -0.476 e. The predicted molar refractivity (Wildman–Crippen MR) is 65.9 cm³/mol. The Morgan fingerprint density at radius 1 is 1.32 bits per heavy atom. The van der Waals surface area contributed by atoms with Crippen molar-refractivity contribution in [3.8, 4) is 5.75 Å². The maximum Gasteiger partial charge on any atom is 0.343 e. The molecule has 0 amide bonds. The Labute approximate surface area is 110 Å². The highest BCUT2D eigenvalue weighted by Gasteiger charge is 2.14. The van der Waals surface area contributed by atoms with E-state index in [1.165, 1.54) is 19.2 Å². The van der Waals surface area contributed by atoms with Gasteiger partial charge in [-0.2, -0.15) is 0 Å². The van der Waals surface area contributed by atoms with Crippen LogP contribution in [0.25, 0.3) is 0 Å². The van der Waals surface area contributed by atoms with Crippen LogP contribution in [0.4, 0.5) is 8.78 Å². The third-order valence-electron chi connectivity index (χ3n) is 2.38. The molecule has 0 fully saturated rings. The lowest BCUT2D eigenvalue weighted by Gasteiger charge is -2.09. The highest BCUT2D eigenvalue weighted by molar-refractivity contribution is 5.70. The molecule has 0 aliphatic heterocycles. The van der Waals surface area contributed by atoms with E-state index in [0.717, 1.165) is 13.0 Å². The molecule has 0 atom stereocenters. The third kappa shape index (κ3) is 4.82. The van der Waals surface area contributed by atoms with Gasteiger partial charge in [0.2, 0.25) is 0 Å². The fraction of sp³-hybridized carbons (Fsp3) is 0.462. The Hall–Kier alpha value is -1.69. The van der Waals surface area contributed by atoms with Crippen molar-refractivity contribution >= 4 is 5.97 Å². The molecule has 19 heavy (non-hydrogen) atoms. The summed E-state index contributed by atoms with van der Waals surface area (Å²) < 4.78 is 36.3. The summed E-state index contributed by atoms with van der Waals surface area (Å²) in [6.07, 6.45) is 0.936. The molecule has 0 bridgehead atoms. The van der Waals surface area contributed by atoms with Crippen LogP contribution in [0, 0.1) is 11.6 Å². The number of methoxy groups -OCH3 is 1. The molecule has 0 radical (unpaired) electrons. The van der Waals surface area contributed by atoms with Crippen LogP contribution in [-0.2, 0) is 16.1 Å². The van der Waals surface area contributed by atoms with Gasteiger partial charge in [0.25, 0.3) is 0 Å². The van der Waals surface area contributed by atoms with E-state index in [-0.39, 0.29) is 0 Å². The SMILES string of the molecule is CCCNCc1cc(F)c(OCC(=O)OC)c(F)c1. The second-order valence-corrected chi connectivity index (χ2v) is 3.93. The van der Waals surface area contributed by atoms with Gasteiger partial charge < -0.3 is 14.8 Å². The van der Waals surface area contributed by atoms with Crippen LogP contribution in [0.2, 0.25) is 0 Å². The topological polar surface area (TPSA) is 47.6 Å². The second kappa shape index (κ2) is 7.68. The van der Waals surface area contributed by atoms with Gasteiger partial charge in [-0.1, -0.05) is 6.92 Å². The quantitative estimate of drug-likeness (QED) is 0.610. The first-order valence-electron chi connectivity index (χ1n) is 5.96. The molecule has 0 unspecified atom stereocenters. The number of nitrogens with one attached hydrogen (secondary N) is 1. The maximum atomic E-state index is 13.6. The van der Waals surface area contributed by atoms with E-state index in [0.29, 0.717) is 12.1 Å². The van der Waals surface area contributed by atoms with E-state index in [1.54, 1.807) is 0 Å². The van der Waals surface area contributed by atoms with Crippen molar-refractivity contribution in [2.45, 2.75) is 19.9 Å². The molecule has 0 saturated carbocycles. The molecule has 0 aliphatic rings. The summed E-state index contributed by atoms with van der Waals surface area (Å²) in [4.78, 5) is 10.8. The summed E-state index contributed by atoms with van der Waals surface area (Å²) in [5, 5.41) is 3.04. The van der Waals surface area contributed by atoms with Crippen LogP contribution >= 0.6 is 0 Å². The van der Waals surface area contributed by atoms with Crippen LogP contribution in [0.1, 0.15) is 18.9 Å². The summed E-state index contributed by atoms with van der Waals surface area (Å²) in [7, 11) is 1.17. The first-order valence-corrected chi connectivity index (χ1v) is 5.96. The molecule has 0 spiro atoms. The second-order valence-electron chi connectivity index (χ2n) is 3.93. The first-order chi connectivity index (χ1) is 9.08. The molecule has 1 N–H and O–H groups in total. The van der Waals surface area contributed by atoms with Crippen molar-refractivity contribution in [1.82, 2.24) is 5.32 Å². The highest BCUT2D eigenvalue weighted by atomic mass is 19.1. The molecule has 4 nitrogen and oxygen atoms in total. The number of benzene rings is 1. The zero-order valence-electron chi connectivity index (χ0n) is 11.0. The number of halogens is 2. The molecule has 106 valence electrons. The molecule has 1 aromatic carbocycles. The summed E-state index contributed by atoms with van der Waals surface area (Å²) >= 11 is 0. The number of rotatable bonds is 7. The summed E-state index contributed by atoms with van der Waals surface area (Å²) in [5.41, 5.74) is 0.480. The normalized spacial score (nSPS) is 10.3. The minimum absolute atomic E-state index is 0.374. The molecule has 0 aliphatic carbocycles. The average Bonchev–Trinajstić information content (AvgIpc) is 2.37. The Morgan fingerprint density at radius 2 is 1.95 bits per heavy atom. The van der Waals surface area contributed by atoms with Crippen LogP contribution in [0.5, 0.6) is 5.75 Å². The molecule has 0 heterocycles. The monoisotopic (exact) mass is 273 g/mol. The van der Waals surface area contributed by atoms with Gasteiger partial charge in [-0.3, -0.25) is 0 Å². The lowest BCUT2D eigenvalue weighted by Crippen LogP contribution is -2.16. The molecule has 0 saturated heterocycles. The molecule has 6 heteroatoms. The summed E-state index contributed by atoms with van der Waals surface area (Å²) in [5.74, 6) is -2.94. The number of hydrogen-bond donors (Lipinski definition) is 1. The van der Waals surface area contributed by atoms with Crippen molar-refractivity contribution in [3.05, 3.63) is 29.3 Å². The Morgan fingerprint density at radius 3 is 2.47 bits per heavy atom. The standard InChI is InChI=1S/C13H17F2NO3/c1-3-4-16-7-9-5-10(14)13(11(15)6-9)19-8-12(17)18-2/h5-6,16H,3-4,7-8H2,1-2H3. The van der Waals surface area contributed by atoms with E-state index in [9.17, 15) is 13.6 Å². The van der Waals surface area contributed by atoms with Gasteiger partial charge in [-0.25, -0.2) is 13.6 Å². The van der Waals surface area contributed by atoms with Gasteiger partial charge in [0.15, 0.2) is 24.0 Å². The van der Waals surface area contributed by atoms with E-state index < -0.39 is 30.0 Å². The fourth-order valence-electron chi connectivity index (χ4n) is 1.45. The molecule has 0 aromatic heterocycles. The number of ether oxygens (including phenoxy) is 2. The minimum atomic E-state index is -0.836. The Balaban J connectivity index is 2.71. The fourth-order valence-corrected chi connectivity index (χ4v) is 1.45. The van der Waals surface area contributed by atoms with E-state index in [4.69, 9.17) is 4.74 Å². The van der Waals surface area contributed by atoms with E-state index >= 15 is 0 Å².